The molecule has 2 aromatic carbocycles. The van der Waals surface area contributed by atoms with E-state index in [-0.39, 0.29) is 18.1 Å². The molecule has 0 bridgehead atoms. The van der Waals surface area contributed by atoms with Crippen LogP contribution >= 0.6 is 15.9 Å². The second-order valence-corrected chi connectivity index (χ2v) is 7.20. The lowest BCUT2D eigenvalue weighted by Crippen LogP contribution is -2.11. The number of ether oxygens (including phenoxy) is 1. The number of aryl methyl sites for hydroxylation is 1. The highest BCUT2D eigenvalue weighted by molar-refractivity contribution is 9.10. The van der Waals surface area contributed by atoms with Gasteiger partial charge in [-0.3, -0.25) is 4.18 Å². The summed E-state index contributed by atoms with van der Waals surface area (Å²) >= 11 is 3.43. The minimum atomic E-state index is -3.72. The van der Waals surface area contributed by atoms with Gasteiger partial charge in [-0.15, -0.1) is 0 Å². The number of benzene rings is 2. The molecule has 0 aliphatic carbocycles. The molecule has 4 nitrogen and oxygen atoms in total. The molecule has 2 rings (SSSR count). The van der Waals surface area contributed by atoms with Gasteiger partial charge in [0.2, 0.25) is 0 Å². The van der Waals surface area contributed by atoms with Crippen LogP contribution in [0.3, 0.4) is 0 Å². The number of halogens is 1. The van der Waals surface area contributed by atoms with E-state index in [4.69, 9.17) is 8.92 Å². The fourth-order valence-corrected chi connectivity index (χ4v) is 3.07. The molecular formula is C16H17BrO4S. The molecule has 6 heteroatoms. The van der Waals surface area contributed by atoms with E-state index in [1.807, 2.05) is 31.2 Å². The van der Waals surface area contributed by atoms with Crippen LogP contribution in [0.5, 0.6) is 0 Å². The monoisotopic (exact) mass is 384 g/mol. The van der Waals surface area contributed by atoms with Crippen LogP contribution in [-0.4, -0.2) is 21.6 Å². The molecule has 0 heterocycles. The molecular weight excluding hydrogens is 368 g/mol. The van der Waals surface area contributed by atoms with E-state index in [9.17, 15) is 8.42 Å². The maximum Gasteiger partial charge on any atom is 0.297 e. The van der Waals surface area contributed by atoms with E-state index < -0.39 is 10.1 Å². The van der Waals surface area contributed by atoms with E-state index in [1.54, 1.807) is 12.1 Å². The number of rotatable bonds is 7. The topological polar surface area (TPSA) is 52.6 Å². The fraction of sp³-hybridized carbons (Fsp3) is 0.250. The van der Waals surface area contributed by atoms with Gasteiger partial charge in [-0.2, -0.15) is 8.42 Å². The van der Waals surface area contributed by atoms with Crippen LogP contribution in [0.4, 0.5) is 0 Å². The molecule has 0 atom stereocenters. The Labute approximate surface area is 139 Å². The third-order valence-corrected chi connectivity index (χ3v) is 5.09. The molecule has 118 valence electrons. The quantitative estimate of drug-likeness (QED) is 0.539. The Kier molecular flexibility index (Phi) is 6.14. The summed E-state index contributed by atoms with van der Waals surface area (Å²) in [5, 5.41) is 0. The van der Waals surface area contributed by atoms with Gasteiger partial charge in [-0.05, 0) is 30.7 Å². The Morgan fingerprint density at radius 3 is 2.36 bits per heavy atom. The molecule has 0 spiro atoms. The normalized spacial score (nSPS) is 11.5. The minimum Gasteiger partial charge on any atom is -0.374 e. The Hall–Kier alpha value is -1.21. The number of hydrogen-bond acceptors (Lipinski definition) is 4. The average Bonchev–Trinajstić information content (AvgIpc) is 2.49. The summed E-state index contributed by atoms with van der Waals surface area (Å²) in [4.78, 5) is 0.156. The molecule has 0 aromatic heterocycles. The molecule has 0 N–H and O–H groups in total. The van der Waals surface area contributed by atoms with Crippen LogP contribution in [0.2, 0.25) is 0 Å². The van der Waals surface area contributed by atoms with Crippen molar-refractivity contribution in [2.75, 3.05) is 13.2 Å². The van der Waals surface area contributed by atoms with E-state index >= 15 is 0 Å². The van der Waals surface area contributed by atoms with Crippen molar-refractivity contribution in [3.8, 4) is 0 Å². The van der Waals surface area contributed by atoms with Gasteiger partial charge in [-0.25, -0.2) is 0 Å². The molecule has 0 unspecified atom stereocenters. The van der Waals surface area contributed by atoms with Crippen LogP contribution in [0, 0.1) is 6.92 Å². The molecule has 22 heavy (non-hydrogen) atoms. The Morgan fingerprint density at radius 2 is 1.68 bits per heavy atom. The molecule has 0 fully saturated rings. The van der Waals surface area contributed by atoms with Gasteiger partial charge < -0.3 is 4.74 Å². The first kappa shape index (κ1) is 17.1. The highest BCUT2D eigenvalue weighted by Crippen LogP contribution is 2.17. The zero-order valence-electron chi connectivity index (χ0n) is 12.2. The van der Waals surface area contributed by atoms with Crippen molar-refractivity contribution in [1.82, 2.24) is 0 Å². The van der Waals surface area contributed by atoms with Gasteiger partial charge in [-0.1, -0.05) is 51.8 Å². The minimum absolute atomic E-state index is 0.0132. The van der Waals surface area contributed by atoms with E-state index in [2.05, 4.69) is 15.9 Å². The van der Waals surface area contributed by atoms with Gasteiger partial charge in [0.25, 0.3) is 10.1 Å². The largest absolute Gasteiger partial charge is 0.374 e. The summed E-state index contributed by atoms with van der Waals surface area (Å²) < 4.78 is 35.2. The van der Waals surface area contributed by atoms with Crippen LogP contribution < -0.4 is 0 Å². The predicted octanol–water partition coefficient (Wildman–Crippen LogP) is 3.68. The second-order valence-electron chi connectivity index (χ2n) is 4.73. The van der Waals surface area contributed by atoms with Crippen molar-refractivity contribution in [3.63, 3.8) is 0 Å². The molecule has 0 radical (unpaired) electrons. The fourth-order valence-electron chi connectivity index (χ4n) is 1.77. The smallest absolute Gasteiger partial charge is 0.297 e. The van der Waals surface area contributed by atoms with Crippen molar-refractivity contribution < 1.29 is 17.3 Å². The first-order chi connectivity index (χ1) is 10.5. The van der Waals surface area contributed by atoms with E-state index in [0.717, 1.165) is 15.6 Å². The molecule has 0 aliphatic heterocycles. The Morgan fingerprint density at radius 1 is 1.00 bits per heavy atom. The zero-order valence-corrected chi connectivity index (χ0v) is 14.6. The second kappa shape index (κ2) is 7.87. The first-order valence-electron chi connectivity index (χ1n) is 6.76. The van der Waals surface area contributed by atoms with Crippen LogP contribution in [-0.2, 0) is 25.6 Å². The summed E-state index contributed by atoms with van der Waals surface area (Å²) in [5.41, 5.74) is 2.00. The molecule has 0 saturated carbocycles. The van der Waals surface area contributed by atoms with Crippen molar-refractivity contribution >= 4 is 26.0 Å². The van der Waals surface area contributed by atoms with Gasteiger partial charge in [0.1, 0.15) is 0 Å². The van der Waals surface area contributed by atoms with Crippen LogP contribution in [0.1, 0.15) is 11.1 Å². The van der Waals surface area contributed by atoms with E-state index in [0.29, 0.717) is 6.61 Å². The van der Waals surface area contributed by atoms with Gasteiger partial charge >= 0.3 is 0 Å². The molecule has 2 aromatic rings. The Balaban J connectivity index is 1.79. The lowest BCUT2D eigenvalue weighted by molar-refractivity contribution is 0.0904. The average molecular weight is 385 g/mol. The van der Waals surface area contributed by atoms with Crippen LogP contribution in [0.25, 0.3) is 0 Å². The van der Waals surface area contributed by atoms with Crippen molar-refractivity contribution in [3.05, 3.63) is 64.1 Å². The molecule has 0 amide bonds. The molecule has 0 aliphatic rings. The maximum absolute atomic E-state index is 11.9. The van der Waals surface area contributed by atoms with Gasteiger partial charge in [0.15, 0.2) is 0 Å². The number of hydrogen-bond donors (Lipinski definition) is 0. The lowest BCUT2D eigenvalue weighted by atomic mass is 10.2. The summed E-state index contributed by atoms with van der Waals surface area (Å²) in [6, 6.07) is 14.2. The van der Waals surface area contributed by atoms with Gasteiger partial charge in [0.05, 0.1) is 24.7 Å². The van der Waals surface area contributed by atoms with Crippen molar-refractivity contribution in [1.29, 1.82) is 0 Å². The van der Waals surface area contributed by atoms with Crippen LogP contribution in [0.15, 0.2) is 57.9 Å². The highest BCUT2D eigenvalue weighted by atomic mass is 79.9. The zero-order chi connectivity index (χ0) is 16.0. The lowest BCUT2D eigenvalue weighted by Gasteiger charge is -2.08. The van der Waals surface area contributed by atoms with Gasteiger partial charge in [0, 0.05) is 4.47 Å². The molecule has 0 saturated heterocycles. The third kappa shape index (κ3) is 4.91. The van der Waals surface area contributed by atoms with E-state index in [1.165, 1.54) is 12.1 Å². The Bertz CT molecular complexity index is 711. The summed E-state index contributed by atoms with van der Waals surface area (Å²) in [5.74, 6) is 0. The standard InChI is InChI=1S/C16H17BrO4S/c1-13-6-8-15(9-7-13)22(18,19)21-11-10-20-12-14-4-2-3-5-16(14)17/h2-9H,10-12H2,1H3. The maximum atomic E-state index is 11.9. The third-order valence-electron chi connectivity index (χ3n) is 2.99. The summed E-state index contributed by atoms with van der Waals surface area (Å²) in [6.45, 7) is 2.48. The first-order valence-corrected chi connectivity index (χ1v) is 8.96. The SMILES string of the molecule is Cc1ccc(S(=O)(=O)OCCOCc2ccccc2Br)cc1. The van der Waals surface area contributed by atoms with Crippen molar-refractivity contribution in [2.45, 2.75) is 18.4 Å². The summed E-state index contributed by atoms with van der Waals surface area (Å²) in [7, 11) is -3.72. The summed E-state index contributed by atoms with van der Waals surface area (Å²) in [6.07, 6.45) is 0. The van der Waals surface area contributed by atoms with Crippen molar-refractivity contribution in [2.24, 2.45) is 0 Å². The predicted molar refractivity (Wildman–Crippen MR) is 88.1 cm³/mol. The highest BCUT2D eigenvalue weighted by Gasteiger charge is 2.14.